The predicted molar refractivity (Wildman–Crippen MR) is 150 cm³/mol. The Hall–Kier alpha value is -4.37. The summed E-state index contributed by atoms with van der Waals surface area (Å²) < 4.78 is 24.1. The van der Waals surface area contributed by atoms with E-state index in [-0.39, 0.29) is 17.7 Å². The third-order valence-corrected chi connectivity index (χ3v) is 7.66. The summed E-state index contributed by atoms with van der Waals surface area (Å²) in [5, 5.41) is 1.98. The van der Waals surface area contributed by atoms with Crippen LogP contribution in [0, 0.1) is 0 Å². The average Bonchev–Trinajstić information content (AvgIpc) is 3.26. The second-order valence-corrected chi connectivity index (χ2v) is 9.82. The molecule has 1 aliphatic rings. The molecule has 0 amide bonds. The van der Waals surface area contributed by atoms with Gasteiger partial charge in [0.15, 0.2) is 4.80 Å². The molecule has 9 heteroatoms. The highest BCUT2D eigenvalue weighted by atomic mass is 32.1. The standard InChI is InChI=1S/C30H28N2O6S/c1-6-38-29(34)26-17(2)31-30-32(27(26)21-13-12-19(35-3)15-24(21)37-5)28(33)25(39-30)16-22-20-10-8-7-9-18(20)11-14-23(22)36-4/h7-16,27H,6H2,1-5H3/b25-16-/t27-/m0/s1. The molecular weight excluding hydrogens is 516 g/mol. The monoisotopic (exact) mass is 544 g/mol. The lowest BCUT2D eigenvalue weighted by atomic mass is 9.95. The average molecular weight is 545 g/mol. The van der Waals surface area contributed by atoms with Crippen LogP contribution in [-0.4, -0.2) is 38.5 Å². The lowest BCUT2D eigenvalue weighted by Gasteiger charge is -2.26. The molecule has 4 aromatic rings. The molecule has 2 heterocycles. The number of carbonyl (C=O) groups is 1. The Balaban J connectivity index is 1.80. The first-order valence-electron chi connectivity index (χ1n) is 12.4. The number of ether oxygens (including phenoxy) is 4. The van der Waals surface area contributed by atoms with E-state index in [1.54, 1.807) is 46.3 Å². The Bertz CT molecular complexity index is 1800. The van der Waals surface area contributed by atoms with Gasteiger partial charge in [-0.1, -0.05) is 41.7 Å². The van der Waals surface area contributed by atoms with Gasteiger partial charge in [-0.3, -0.25) is 9.36 Å². The summed E-state index contributed by atoms with van der Waals surface area (Å²) >= 11 is 1.26. The maximum Gasteiger partial charge on any atom is 0.338 e. The van der Waals surface area contributed by atoms with Crippen molar-refractivity contribution >= 4 is 34.2 Å². The highest BCUT2D eigenvalue weighted by Gasteiger charge is 2.35. The van der Waals surface area contributed by atoms with Crippen molar-refractivity contribution in [2.45, 2.75) is 19.9 Å². The molecule has 0 spiro atoms. The molecule has 1 atom stereocenters. The number of fused-ring (bicyclic) bond motifs is 2. The van der Waals surface area contributed by atoms with Gasteiger partial charge >= 0.3 is 5.97 Å². The molecule has 0 aliphatic carbocycles. The van der Waals surface area contributed by atoms with Crippen molar-refractivity contribution in [2.24, 2.45) is 4.99 Å². The summed E-state index contributed by atoms with van der Waals surface area (Å²) in [6.07, 6.45) is 1.83. The highest BCUT2D eigenvalue weighted by molar-refractivity contribution is 7.07. The van der Waals surface area contributed by atoms with E-state index in [0.29, 0.717) is 37.8 Å². The van der Waals surface area contributed by atoms with Crippen molar-refractivity contribution in [1.29, 1.82) is 0 Å². The number of hydrogen-bond acceptors (Lipinski definition) is 8. The van der Waals surface area contributed by atoms with Crippen molar-refractivity contribution in [3.63, 3.8) is 0 Å². The maximum absolute atomic E-state index is 14.1. The van der Waals surface area contributed by atoms with Crippen LogP contribution in [0.15, 0.2) is 75.7 Å². The van der Waals surface area contributed by atoms with E-state index in [1.807, 2.05) is 42.5 Å². The number of aromatic nitrogens is 1. The van der Waals surface area contributed by atoms with Gasteiger partial charge in [0.1, 0.15) is 23.3 Å². The van der Waals surface area contributed by atoms with Gasteiger partial charge in [0.05, 0.1) is 43.7 Å². The molecule has 0 bridgehead atoms. The Morgan fingerprint density at radius 1 is 1.03 bits per heavy atom. The fourth-order valence-corrected chi connectivity index (χ4v) is 5.89. The molecule has 0 unspecified atom stereocenters. The van der Waals surface area contributed by atoms with Gasteiger partial charge in [-0.25, -0.2) is 9.79 Å². The summed E-state index contributed by atoms with van der Waals surface area (Å²) in [6.45, 7) is 3.68. The summed E-state index contributed by atoms with van der Waals surface area (Å²) in [5.41, 5.74) is 1.88. The maximum atomic E-state index is 14.1. The molecule has 0 fully saturated rings. The van der Waals surface area contributed by atoms with E-state index in [2.05, 4.69) is 4.99 Å². The van der Waals surface area contributed by atoms with E-state index in [0.717, 1.165) is 16.3 Å². The Morgan fingerprint density at radius 3 is 2.51 bits per heavy atom. The van der Waals surface area contributed by atoms with Gasteiger partial charge in [0.2, 0.25) is 0 Å². The normalized spacial score (nSPS) is 15.1. The van der Waals surface area contributed by atoms with Crippen LogP contribution in [0.1, 0.15) is 31.0 Å². The predicted octanol–water partition coefficient (Wildman–Crippen LogP) is 3.98. The zero-order chi connectivity index (χ0) is 27.7. The van der Waals surface area contributed by atoms with Crippen LogP contribution < -0.4 is 29.1 Å². The fourth-order valence-electron chi connectivity index (χ4n) is 4.86. The van der Waals surface area contributed by atoms with E-state index < -0.39 is 12.0 Å². The van der Waals surface area contributed by atoms with Crippen LogP contribution in [0.2, 0.25) is 0 Å². The molecule has 39 heavy (non-hydrogen) atoms. The summed E-state index contributed by atoms with van der Waals surface area (Å²) in [6, 6.07) is 16.3. The number of allylic oxidation sites excluding steroid dienone is 1. The Morgan fingerprint density at radius 2 is 1.79 bits per heavy atom. The van der Waals surface area contributed by atoms with Gasteiger partial charge in [-0.15, -0.1) is 0 Å². The molecule has 5 rings (SSSR count). The Kier molecular flexibility index (Phi) is 7.26. The van der Waals surface area contributed by atoms with Crippen molar-refractivity contribution in [2.75, 3.05) is 27.9 Å². The van der Waals surface area contributed by atoms with Crippen LogP contribution in [-0.2, 0) is 9.53 Å². The minimum atomic E-state index is -0.808. The quantitative estimate of drug-likeness (QED) is 0.327. The van der Waals surface area contributed by atoms with Crippen LogP contribution >= 0.6 is 11.3 Å². The fraction of sp³-hybridized carbons (Fsp3) is 0.233. The van der Waals surface area contributed by atoms with Gasteiger partial charge < -0.3 is 18.9 Å². The van der Waals surface area contributed by atoms with Crippen LogP contribution in [0.5, 0.6) is 17.2 Å². The molecule has 0 N–H and O–H groups in total. The van der Waals surface area contributed by atoms with Gasteiger partial charge in [0.25, 0.3) is 5.56 Å². The molecule has 3 aromatic carbocycles. The first-order valence-corrected chi connectivity index (χ1v) is 13.2. The van der Waals surface area contributed by atoms with Crippen LogP contribution in [0.25, 0.3) is 16.8 Å². The van der Waals surface area contributed by atoms with Crippen molar-refractivity contribution in [1.82, 2.24) is 4.57 Å². The molecule has 1 aromatic heterocycles. The van der Waals surface area contributed by atoms with E-state index in [1.165, 1.54) is 23.0 Å². The zero-order valence-corrected chi connectivity index (χ0v) is 23.1. The SMILES string of the molecule is CCOC(=O)C1=C(C)N=c2s/c(=C\c3c(OC)ccc4ccccc34)c(=O)n2[C@H]1c1ccc(OC)cc1OC. The van der Waals surface area contributed by atoms with Crippen LogP contribution in [0.4, 0.5) is 0 Å². The minimum absolute atomic E-state index is 0.188. The summed E-state index contributed by atoms with van der Waals surface area (Å²) in [4.78, 5) is 32.5. The van der Waals surface area contributed by atoms with E-state index in [9.17, 15) is 9.59 Å². The molecule has 0 saturated heterocycles. The lowest BCUT2D eigenvalue weighted by Crippen LogP contribution is -2.40. The topological polar surface area (TPSA) is 88.4 Å². The van der Waals surface area contributed by atoms with Crippen molar-refractivity contribution in [3.05, 3.63) is 96.7 Å². The van der Waals surface area contributed by atoms with Crippen molar-refractivity contribution < 1.29 is 23.7 Å². The molecule has 0 radical (unpaired) electrons. The molecular formula is C30H28N2O6S. The number of esters is 1. The molecule has 1 aliphatic heterocycles. The molecule has 200 valence electrons. The Labute approximate surface area is 229 Å². The van der Waals surface area contributed by atoms with Gasteiger partial charge in [0, 0.05) is 17.2 Å². The van der Waals surface area contributed by atoms with E-state index in [4.69, 9.17) is 18.9 Å². The van der Waals surface area contributed by atoms with Gasteiger partial charge in [-0.05, 0) is 48.9 Å². The van der Waals surface area contributed by atoms with E-state index >= 15 is 0 Å². The minimum Gasteiger partial charge on any atom is -0.497 e. The number of thiazole rings is 1. The summed E-state index contributed by atoms with van der Waals surface area (Å²) in [5.74, 6) is 1.17. The first-order chi connectivity index (χ1) is 18.9. The number of nitrogens with zero attached hydrogens (tertiary/aromatic N) is 2. The second kappa shape index (κ2) is 10.8. The number of carbonyl (C=O) groups excluding carboxylic acids is 1. The number of benzene rings is 3. The lowest BCUT2D eigenvalue weighted by molar-refractivity contribution is -0.139. The second-order valence-electron chi connectivity index (χ2n) is 8.81. The third-order valence-electron chi connectivity index (χ3n) is 6.68. The molecule has 0 saturated carbocycles. The highest BCUT2D eigenvalue weighted by Crippen LogP contribution is 2.37. The molecule has 8 nitrogen and oxygen atoms in total. The largest absolute Gasteiger partial charge is 0.497 e. The van der Waals surface area contributed by atoms with Crippen LogP contribution in [0.3, 0.4) is 0 Å². The summed E-state index contributed by atoms with van der Waals surface area (Å²) in [7, 11) is 4.70. The first kappa shape index (κ1) is 26.2. The third kappa shape index (κ3) is 4.59. The zero-order valence-electron chi connectivity index (χ0n) is 22.3. The van der Waals surface area contributed by atoms with Gasteiger partial charge in [-0.2, -0.15) is 0 Å². The smallest absolute Gasteiger partial charge is 0.338 e. The number of methoxy groups -OCH3 is 3. The van der Waals surface area contributed by atoms with Crippen molar-refractivity contribution in [3.8, 4) is 17.2 Å². The number of rotatable bonds is 7. The number of hydrogen-bond donors (Lipinski definition) is 0.